The monoisotopic (exact) mass is 334 g/mol. The van der Waals surface area contributed by atoms with Crippen LogP contribution in [0.3, 0.4) is 0 Å². The molecule has 21 heavy (non-hydrogen) atoms. The molecule has 106 valence electrons. The molecule has 2 aliphatic heterocycles. The van der Waals surface area contributed by atoms with E-state index < -0.39 is 0 Å². The van der Waals surface area contributed by atoms with Gasteiger partial charge in [-0.1, -0.05) is 10.6 Å². The zero-order valence-corrected chi connectivity index (χ0v) is 13.2. The lowest BCUT2D eigenvalue weighted by atomic mass is 9.97. The van der Waals surface area contributed by atoms with Crippen molar-refractivity contribution in [3.63, 3.8) is 0 Å². The molecule has 0 radical (unpaired) electrons. The molecule has 9 heteroatoms. The van der Waals surface area contributed by atoms with Crippen LogP contribution in [0.5, 0.6) is 0 Å². The van der Waals surface area contributed by atoms with E-state index >= 15 is 0 Å². The SMILES string of the molecule is C1=S=NN[C@@H]1c1cc(-c2csnn2)cc([C@@H]2CSN=N2)c1. The fourth-order valence-electron chi connectivity index (χ4n) is 2.24. The molecule has 4 rings (SSSR count). The van der Waals surface area contributed by atoms with Crippen LogP contribution in [0.25, 0.3) is 11.3 Å². The highest BCUT2D eigenvalue weighted by atomic mass is 32.2. The van der Waals surface area contributed by atoms with Gasteiger partial charge in [0.25, 0.3) is 0 Å². The summed E-state index contributed by atoms with van der Waals surface area (Å²) in [6, 6.07) is 6.68. The summed E-state index contributed by atoms with van der Waals surface area (Å²) in [5, 5.41) is 12.5. The summed E-state index contributed by atoms with van der Waals surface area (Å²) < 4.78 is 12.1. The first-order chi connectivity index (χ1) is 10.4. The summed E-state index contributed by atoms with van der Waals surface area (Å²) in [6.07, 6.45) is 0. The number of benzene rings is 1. The van der Waals surface area contributed by atoms with E-state index in [4.69, 9.17) is 0 Å². The number of hydrogen-bond donors (Lipinski definition) is 1. The highest BCUT2D eigenvalue weighted by molar-refractivity contribution is 7.98. The van der Waals surface area contributed by atoms with Crippen molar-refractivity contribution < 1.29 is 0 Å². The molecule has 0 unspecified atom stereocenters. The van der Waals surface area contributed by atoms with Crippen LogP contribution in [0.2, 0.25) is 0 Å². The Balaban J connectivity index is 1.79. The summed E-state index contributed by atoms with van der Waals surface area (Å²) in [7, 11) is 0. The van der Waals surface area contributed by atoms with Crippen LogP contribution in [0.15, 0.2) is 37.7 Å². The first kappa shape index (κ1) is 13.3. The molecule has 1 N–H and O–H groups in total. The fourth-order valence-corrected chi connectivity index (χ4v) is 3.93. The Morgan fingerprint density at radius 1 is 1.19 bits per heavy atom. The Labute approximate surface area is 133 Å². The molecule has 0 bridgehead atoms. The van der Waals surface area contributed by atoms with Gasteiger partial charge < -0.3 is 0 Å². The highest BCUT2D eigenvalue weighted by Crippen LogP contribution is 2.34. The van der Waals surface area contributed by atoms with Gasteiger partial charge in [0.1, 0.15) is 11.7 Å². The zero-order chi connectivity index (χ0) is 14.1. The van der Waals surface area contributed by atoms with Gasteiger partial charge in [0, 0.05) is 22.1 Å². The number of nitrogens with zero attached hydrogens (tertiary/aromatic N) is 5. The first-order valence-corrected chi connectivity index (χ1v) is 8.91. The average molecular weight is 334 g/mol. The van der Waals surface area contributed by atoms with Gasteiger partial charge in [0.05, 0.1) is 6.04 Å². The molecular weight excluding hydrogens is 324 g/mol. The molecular formula is C12H10N6S3. The maximum Gasteiger partial charge on any atom is 0.108 e. The number of hydrogen-bond acceptors (Lipinski definition) is 8. The molecule has 2 atom stereocenters. The summed E-state index contributed by atoms with van der Waals surface area (Å²) in [4.78, 5) is 0. The smallest absolute Gasteiger partial charge is 0.108 e. The predicted octanol–water partition coefficient (Wildman–Crippen LogP) is 2.99. The molecule has 3 heterocycles. The van der Waals surface area contributed by atoms with Crippen molar-refractivity contribution in [1.82, 2.24) is 15.0 Å². The van der Waals surface area contributed by atoms with E-state index in [9.17, 15) is 0 Å². The predicted molar refractivity (Wildman–Crippen MR) is 87.1 cm³/mol. The minimum Gasteiger partial charge on any atom is -0.191 e. The first-order valence-electron chi connectivity index (χ1n) is 6.29. The van der Waals surface area contributed by atoms with Crippen molar-refractivity contribution in [2.24, 2.45) is 14.1 Å². The summed E-state index contributed by atoms with van der Waals surface area (Å²) in [6.45, 7) is 0. The minimum absolute atomic E-state index is 0.117. The number of nitrogens with one attached hydrogen (secondary N) is 1. The second-order valence-electron chi connectivity index (χ2n) is 4.63. The van der Waals surface area contributed by atoms with E-state index in [-0.39, 0.29) is 12.1 Å². The van der Waals surface area contributed by atoms with E-state index in [1.807, 2.05) is 5.38 Å². The summed E-state index contributed by atoms with van der Waals surface area (Å²) in [5.74, 6) is 0.888. The molecule has 1 aromatic heterocycles. The normalized spacial score (nSPS) is 23.6. The molecule has 2 aromatic rings. The second-order valence-corrected chi connectivity index (χ2v) is 6.66. The Morgan fingerprint density at radius 3 is 2.86 bits per heavy atom. The van der Waals surface area contributed by atoms with Crippen LogP contribution in [0, 0.1) is 0 Å². The molecule has 0 fully saturated rings. The zero-order valence-electron chi connectivity index (χ0n) is 10.7. The van der Waals surface area contributed by atoms with Gasteiger partial charge in [0.15, 0.2) is 0 Å². The molecule has 0 spiro atoms. The Hall–Kier alpha value is -1.42. The average Bonchev–Trinajstić information content (AvgIpc) is 3.29. The van der Waals surface area contributed by atoms with Gasteiger partial charge in [-0.3, -0.25) is 0 Å². The third-order valence-corrected chi connectivity index (χ3v) is 5.08. The van der Waals surface area contributed by atoms with E-state index in [0.29, 0.717) is 0 Å². The summed E-state index contributed by atoms with van der Waals surface area (Å²) >= 11 is 4.30. The molecule has 0 amide bonds. The van der Waals surface area contributed by atoms with E-state index in [1.165, 1.54) is 34.6 Å². The van der Waals surface area contributed by atoms with Crippen LogP contribution in [-0.4, -0.2) is 20.7 Å². The van der Waals surface area contributed by atoms with Crippen molar-refractivity contribution in [2.45, 2.75) is 12.1 Å². The molecule has 0 aliphatic carbocycles. The van der Waals surface area contributed by atoms with Crippen LogP contribution in [-0.2, 0) is 11.1 Å². The molecule has 6 nitrogen and oxygen atoms in total. The molecule has 1 aromatic carbocycles. The lowest BCUT2D eigenvalue weighted by Gasteiger charge is -2.13. The molecule has 0 saturated heterocycles. The third-order valence-electron chi connectivity index (χ3n) is 3.30. The largest absolute Gasteiger partial charge is 0.191 e. The maximum absolute atomic E-state index is 4.29. The van der Waals surface area contributed by atoms with E-state index in [1.54, 1.807) is 0 Å². The van der Waals surface area contributed by atoms with Crippen molar-refractivity contribution in [1.29, 1.82) is 0 Å². The van der Waals surface area contributed by atoms with Crippen molar-refractivity contribution in [2.75, 3.05) is 5.75 Å². The summed E-state index contributed by atoms with van der Waals surface area (Å²) in [5.41, 5.74) is 7.39. The van der Waals surface area contributed by atoms with E-state index in [0.717, 1.165) is 28.1 Å². The standard InChI is InChI=1S/C12H10N6S3/c1-7(10-4-19-16-13-10)2-9(12-6-21-18-15-12)3-8(1)11-5-20-17-14-11/h1-5,10,12-13H,6H2/t10-,12-/m0/s1. The van der Waals surface area contributed by atoms with Gasteiger partial charge in [-0.15, -0.1) is 14.1 Å². The van der Waals surface area contributed by atoms with Crippen LogP contribution < -0.4 is 5.43 Å². The molecule has 0 saturated carbocycles. The third kappa shape index (κ3) is 2.69. The topological polar surface area (TPSA) is 74.9 Å². The number of aromatic nitrogens is 2. The van der Waals surface area contributed by atoms with Gasteiger partial charge in [-0.05, 0) is 57.9 Å². The van der Waals surface area contributed by atoms with Crippen LogP contribution in [0.4, 0.5) is 0 Å². The fraction of sp³-hybridized carbons (Fsp3) is 0.250. The van der Waals surface area contributed by atoms with E-state index in [2.05, 4.69) is 52.7 Å². The van der Waals surface area contributed by atoms with Gasteiger partial charge in [0.2, 0.25) is 0 Å². The van der Waals surface area contributed by atoms with Crippen LogP contribution >= 0.6 is 23.5 Å². The van der Waals surface area contributed by atoms with Crippen LogP contribution in [0.1, 0.15) is 23.2 Å². The van der Waals surface area contributed by atoms with Crippen molar-refractivity contribution >= 4 is 40.0 Å². The van der Waals surface area contributed by atoms with Crippen molar-refractivity contribution in [3.8, 4) is 11.3 Å². The second kappa shape index (κ2) is 5.76. The lowest BCUT2D eigenvalue weighted by Crippen LogP contribution is -2.13. The quantitative estimate of drug-likeness (QED) is 0.691. The Morgan fingerprint density at radius 2 is 2.14 bits per heavy atom. The Bertz CT molecular complexity index is 730. The number of rotatable bonds is 3. The van der Waals surface area contributed by atoms with Gasteiger partial charge in [-0.2, -0.15) is 10.5 Å². The highest BCUT2D eigenvalue weighted by Gasteiger charge is 2.20. The Kier molecular flexibility index (Phi) is 3.63. The molecule has 2 aliphatic rings. The maximum atomic E-state index is 4.29. The minimum atomic E-state index is 0.117. The van der Waals surface area contributed by atoms with Gasteiger partial charge in [-0.25, -0.2) is 0 Å². The lowest BCUT2D eigenvalue weighted by molar-refractivity contribution is 0.719. The van der Waals surface area contributed by atoms with Crippen molar-refractivity contribution in [3.05, 3.63) is 34.7 Å². The van der Waals surface area contributed by atoms with Gasteiger partial charge >= 0.3 is 0 Å².